The van der Waals surface area contributed by atoms with Crippen LogP contribution in [-0.4, -0.2) is 12.1 Å². The SMILES string of the molecule is CC1(NCC(F)(F)c2ccccc2)CCCCC1. The van der Waals surface area contributed by atoms with Gasteiger partial charge in [0, 0.05) is 11.1 Å². The van der Waals surface area contributed by atoms with Gasteiger partial charge >= 0.3 is 0 Å². The zero-order chi connectivity index (χ0) is 13.1. The largest absolute Gasteiger partial charge is 0.306 e. The molecule has 1 aromatic rings. The third-order valence-electron chi connectivity index (χ3n) is 3.89. The fraction of sp³-hybridized carbons (Fsp3) is 0.600. The number of halogens is 2. The van der Waals surface area contributed by atoms with E-state index in [1.54, 1.807) is 18.2 Å². The van der Waals surface area contributed by atoms with Crippen LogP contribution in [-0.2, 0) is 5.92 Å². The van der Waals surface area contributed by atoms with E-state index in [-0.39, 0.29) is 17.6 Å². The van der Waals surface area contributed by atoms with Gasteiger partial charge in [0.05, 0.1) is 6.54 Å². The lowest BCUT2D eigenvalue weighted by Crippen LogP contribution is -2.48. The first-order valence-corrected chi connectivity index (χ1v) is 6.70. The summed E-state index contributed by atoms with van der Waals surface area (Å²) in [7, 11) is 0. The van der Waals surface area contributed by atoms with Crippen molar-refractivity contribution in [2.24, 2.45) is 0 Å². The zero-order valence-electron chi connectivity index (χ0n) is 10.9. The second-order valence-electron chi connectivity index (χ2n) is 5.55. The van der Waals surface area contributed by atoms with E-state index in [9.17, 15) is 8.78 Å². The van der Waals surface area contributed by atoms with Crippen LogP contribution in [0.3, 0.4) is 0 Å². The molecule has 100 valence electrons. The molecule has 0 atom stereocenters. The highest BCUT2D eigenvalue weighted by Crippen LogP contribution is 2.31. The second-order valence-corrected chi connectivity index (χ2v) is 5.55. The molecule has 0 amide bonds. The van der Waals surface area contributed by atoms with E-state index in [1.165, 1.54) is 18.6 Å². The molecule has 0 bridgehead atoms. The van der Waals surface area contributed by atoms with Crippen LogP contribution in [0.1, 0.15) is 44.6 Å². The molecule has 1 saturated carbocycles. The topological polar surface area (TPSA) is 12.0 Å². The fourth-order valence-electron chi connectivity index (χ4n) is 2.62. The van der Waals surface area contributed by atoms with Gasteiger partial charge in [-0.1, -0.05) is 49.6 Å². The van der Waals surface area contributed by atoms with Gasteiger partial charge < -0.3 is 5.32 Å². The van der Waals surface area contributed by atoms with E-state index < -0.39 is 5.92 Å². The Morgan fingerprint density at radius 3 is 2.33 bits per heavy atom. The first-order valence-electron chi connectivity index (χ1n) is 6.70. The third-order valence-corrected chi connectivity index (χ3v) is 3.89. The highest BCUT2D eigenvalue weighted by molar-refractivity contribution is 5.20. The Morgan fingerprint density at radius 2 is 1.72 bits per heavy atom. The Bertz CT molecular complexity index is 369. The second kappa shape index (κ2) is 5.35. The molecule has 1 N–H and O–H groups in total. The maximum atomic E-state index is 14.0. The van der Waals surface area contributed by atoms with Crippen LogP contribution in [0.25, 0.3) is 0 Å². The molecule has 1 fully saturated rings. The molecular weight excluding hydrogens is 232 g/mol. The summed E-state index contributed by atoms with van der Waals surface area (Å²) in [5, 5.41) is 3.09. The Kier molecular flexibility index (Phi) is 4.00. The molecule has 0 aliphatic heterocycles. The minimum atomic E-state index is -2.79. The molecule has 0 saturated heterocycles. The lowest BCUT2D eigenvalue weighted by atomic mass is 9.83. The van der Waals surface area contributed by atoms with E-state index >= 15 is 0 Å². The van der Waals surface area contributed by atoms with Crippen molar-refractivity contribution in [2.75, 3.05) is 6.54 Å². The third kappa shape index (κ3) is 3.29. The summed E-state index contributed by atoms with van der Waals surface area (Å²) in [4.78, 5) is 0. The van der Waals surface area contributed by atoms with Gasteiger partial charge in [-0.25, -0.2) is 0 Å². The van der Waals surface area contributed by atoms with Crippen LogP contribution in [0.5, 0.6) is 0 Å². The van der Waals surface area contributed by atoms with Gasteiger partial charge in [-0.05, 0) is 19.8 Å². The summed E-state index contributed by atoms with van der Waals surface area (Å²) in [6, 6.07) is 8.06. The van der Waals surface area contributed by atoms with Crippen molar-refractivity contribution in [1.82, 2.24) is 5.32 Å². The Labute approximate surface area is 108 Å². The van der Waals surface area contributed by atoms with Gasteiger partial charge in [-0.2, -0.15) is 8.78 Å². The fourth-order valence-corrected chi connectivity index (χ4v) is 2.62. The highest BCUT2D eigenvalue weighted by atomic mass is 19.3. The Balaban J connectivity index is 1.96. The molecule has 1 aromatic carbocycles. The van der Waals surface area contributed by atoms with Crippen molar-refractivity contribution < 1.29 is 8.78 Å². The lowest BCUT2D eigenvalue weighted by molar-refractivity contribution is -0.0125. The maximum Gasteiger partial charge on any atom is 0.285 e. The average Bonchev–Trinajstić information content (AvgIpc) is 2.39. The molecule has 0 aromatic heterocycles. The molecule has 3 heteroatoms. The molecule has 1 aliphatic carbocycles. The molecule has 18 heavy (non-hydrogen) atoms. The van der Waals surface area contributed by atoms with Crippen molar-refractivity contribution in [2.45, 2.75) is 50.5 Å². The summed E-state index contributed by atoms with van der Waals surface area (Å²) < 4.78 is 28.0. The van der Waals surface area contributed by atoms with E-state index in [2.05, 4.69) is 12.2 Å². The van der Waals surface area contributed by atoms with E-state index in [0.29, 0.717) is 0 Å². The summed E-state index contributed by atoms with van der Waals surface area (Å²) in [5.41, 5.74) is -0.0203. The van der Waals surface area contributed by atoms with Crippen LogP contribution in [0.2, 0.25) is 0 Å². The molecule has 1 nitrogen and oxygen atoms in total. The van der Waals surface area contributed by atoms with Crippen LogP contribution < -0.4 is 5.32 Å². The number of hydrogen-bond acceptors (Lipinski definition) is 1. The number of alkyl halides is 2. The van der Waals surface area contributed by atoms with Gasteiger partial charge in [0.25, 0.3) is 5.92 Å². The summed E-state index contributed by atoms with van der Waals surface area (Å²) in [6.07, 6.45) is 5.50. The van der Waals surface area contributed by atoms with Crippen molar-refractivity contribution >= 4 is 0 Å². The minimum absolute atomic E-state index is 0.0944. The van der Waals surface area contributed by atoms with E-state index in [4.69, 9.17) is 0 Å². The van der Waals surface area contributed by atoms with Gasteiger partial charge in [0.1, 0.15) is 0 Å². The van der Waals surface area contributed by atoms with Crippen LogP contribution >= 0.6 is 0 Å². The summed E-state index contributed by atoms with van der Waals surface area (Å²) in [6.45, 7) is 1.79. The van der Waals surface area contributed by atoms with Crippen molar-refractivity contribution in [3.05, 3.63) is 35.9 Å². The van der Waals surface area contributed by atoms with Crippen molar-refractivity contribution in [3.8, 4) is 0 Å². The van der Waals surface area contributed by atoms with Crippen LogP contribution in [0.4, 0.5) is 8.78 Å². The number of hydrogen-bond donors (Lipinski definition) is 1. The van der Waals surface area contributed by atoms with E-state index in [1.807, 2.05) is 0 Å². The Hall–Kier alpha value is -0.960. The summed E-state index contributed by atoms with van der Waals surface area (Å²) in [5.74, 6) is -2.79. The first kappa shape index (κ1) is 13.5. The van der Waals surface area contributed by atoms with E-state index in [0.717, 1.165) is 25.7 Å². The molecule has 2 rings (SSSR count). The minimum Gasteiger partial charge on any atom is -0.306 e. The predicted molar refractivity (Wildman–Crippen MR) is 69.8 cm³/mol. The van der Waals surface area contributed by atoms with Gasteiger partial charge in [0.15, 0.2) is 0 Å². The average molecular weight is 253 g/mol. The van der Waals surface area contributed by atoms with Crippen molar-refractivity contribution in [1.29, 1.82) is 0 Å². The van der Waals surface area contributed by atoms with Crippen LogP contribution in [0.15, 0.2) is 30.3 Å². The van der Waals surface area contributed by atoms with Crippen LogP contribution in [0, 0.1) is 0 Å². The number of benzene rings is 1. The maximum absolute atomic E-state index is 14.0. The zero-order valence-corrected chi connectivity index (χ0v) is 10.9. The first-order chi connectivity index (χ1) is 8.52. The standard InChI is InChI=1S/C15H21F2N/c1-14(10-6-3-7-11-14)18-12-15(16,17)13-8-4-2-5-9-13/h2,4-5,8-9,18H,3,6-7,10-12H2,1H3. The highest BCUT2D eigenvalue weighted by Gasteiger charge is 2.35. The van der Waals surface area contributed by atoms with Gasteiger partial charge in [-0.15, -0.1) is 0 Å². The molecule has 0 heterocycles. The lowest BCUT2D eigenvalue weighted by Gasteiger charge is -2.36. The molecular formula is C15H21F2N. The number of rotatable bonds is 4. The normalized spacial score (nSPS) is 19.7. The molecule has 1 aliphatic rings. The number of nitrogens with one attached hydrogen (secondary N) is 1. The molecule has 0 radical (unpaired) electrons. The predicted octanol–water partition coefficient (Wildman–Crippen LogP) is 4.09. The monoisotopic (exact) mass is 253 g/mol. The van der Waals surface area contributed by atoms with Gasteiger partial charge in [0.2, 0.25) is 0 Å². The smallest absolute Gasteiger partial charge is 0.285 e. The van der Waals surface area contributed by atoms with Gasteiger partial charge in [-0.3, -0.25) is 0 Å². The van der Waals surface area contributed by atoms with Crippen molar-refractivity contribution in [3.63, 3.8) is 0 Å². The summed E-state index contributed by atoms with van der Waals surface area (Å²) >= 11 is 0. The molecule has 0 spiro atoms. The molecule has 0 unspecified atom stereocenters. The quantitative estimate of drug-likeness (QED) is 0.852. The Morgan fingerprint density at radius 1 is 1.11 bits per heavy atom.